The number of hydrogen-bond donors (Lipinski definition) is 0. The molecule has 1 aromatic rings. The van der Waals surface area contributed by atoms with Crippen LogP contribution < -0.4 is 0 Å². The molecule has 0 radical (unpaired) electrons. The average molecular weight is 330 g/mol. The predicted molar refractivity (Wildman–Crippen MR) is 91.8 cm³/mol. The predicted octanol–water partition coefficient (Wildman–Crippen LogP) is 2.75. The van der Waals surface area contributed by atoms with Gasteiger partial charge in [-0.25, -0.2) is 0 Å². The van der Waals surface area contributed by atoms with Crippen LogP contribution in [0, 0.1) is 11.3 Å². The molecule has 1 heterocycles. The van der Waals surface area contributed by atoms with Crippen LogP contribution in [0.4, 0.5) is 0 Å². The first-order valence-corrected chi connectivity index (χ1v) is 8.16. The fourth-order valence-electron chi connectivity index (χ4n) is 3.00. The van der Waals surface area contributed by atoms with Crippen LogP contribution in [0.1, 0.15) is 43.6 Å². The number of nitriles is 1. The number of carbonyl (C=O) groups is 1. The third-order valence-electron chi connectivity index (χ3n) is 4.25. The van der Waals surface area contributed by atoms with Gasteiger partial charge in [-0.15, -0.1) is 0 Å². The van der Waals surface area contributed by atoms with Gasteiger partial charge in [-0.05, 0) is 45.4 Å². The normalized spacial score (nSPS) is 20.5. The second-order valence-electron chi connectivity index (χ2n) is 7.45. The van der Waals surface area contributed by atoms with Crippen molar-refractivity contribution >= 4 is 5.91 Å². The summed E-state index contributed by atoms with van der Waals surface area (Å²) in [4.78, 5) is 14.6. The Morgan fingerprint density at radius 3 is 2.58 bits per heavy atom. The van der Waals surface area contributed by atoms with Crippen LogP contribution in [0.15, 0.2) is 24.3 Å². The zero-order chi connectivity index (χ0) is 18.0. The van der Waals surface area contributed by atoms with Crippen LogP contribution in [-0.2, 0) is 14.9 Å². The Labute approximate surface area is 144 Å². The maximum atomic E-state index is 12.8. The lowest BCUT2D eigenvalue weighted by Crippen LogP contribution is -2.55. The number of ether oxygens (including phenoxy) is 2. The lowest BCUT2D eigenvalue weighted by atomic mass is 9.86. The van der Waals surface area contributed by atoms with Crippen molar-refractivity contribution in [1.82, 2.24) is 4.90 Å². The van der Waals surface area contributed by atoms with Crippen molar-refractivity contribution in [3.8, 4) is 6.07 Å². The van der Waals surface area contributed by atoms with Gasteiger partial charge in [0.25, 0.3) is 5.91 Å². The van der Waals surface area contributed by atoms with Crippen molar-refractivity contribution in [1.29, 1.82) is 5.26 Å². The summed E-state index contributed by atoms with van der Waals surface area (Å²) in [5.74, 6) is -0.0196. The summed E-state index contributed by atoms with van der Waals surface area (Å²) in [6, 6.07) is 9.58. The minimum absolute atomic E-state index is 0.0196. The molecule has 0 bridgehead atoms. The molecular formula is C19H26N2O3. The molecule has 0 spiro atoms. The van der Waals surface area contributed by atoms with Gasteiger partial charge in [0.1, 0.15) is 0 Å². The van der Waals surface area contributed by atoms with Crippen LogP contribution in [0.3, 0.4) is 0 Å². The van der Waals surface area contributed by atoms with E-state index in [0.29, 0.717) is 25.3 Å². The van der Waals surface area contributed by atoms with Gasteiger partial charge in [0, 0.05) is 25.8 Å². The number of benzene rings is 1. The molecule has 5 nitrogen and oxygen atoms in total. The first kappa shape index (κ1) is 18.4. The monoisotopic (exact) mass is 330 g/mol. The summed E-state index contributed by atoms with van der Waals surface area (Å²) >= 11 is 0. The Kier molecular flexibility index (Phi) is 5.32. The third-order valence-corrected chi connectivity index (χ3v) is 4.25. The van der Waals surface area contributed by atoms with Crippen LogP contribution in [0.5, 0.6) is 0 Å². The Balaban J connectivity index is 2.17. The van der Waals surface area contributed by atoms with E-state index in [1.54, 1.807) is 19.2 Å². The summed E-state index contributed by atoms with van der Waals surface area (Å²) in [5.41, 5.74) is 0.564. The minimum atomic E-state index is -0.563. The van der Waals surface area contributed by atoms with E-state index in [0.717, 1.165) is 5.56 Å². The van der Waals surface area contributed by atoms with E-state index < -0.39 is 11.0 Å². The van der Waals surface area contributed by atoms with Gasteiger partial charge < -0.3 is 14.4 Å². The number of rotatable bonds is 4. The third kappa shape index (κ3) is 4.14. The van der Waals surface area contributed by atoms with E-state index in [4.69, 9.17) is 9.47 Å². The molecule has 0 N–H and O–H groups in total. The van der Waals surface area contributed by atoms with Crippen molar-refractivity contribution in [3.63, 3.8) is 0 Å². The molecule has 2 rings (SSSR count). The molecule has 130 valence electrons. The molecule has 0 saturated carbocycles. The molecule has 5 heteroatoms. The summed E-state index contributed by atoms with van der Waals surface area (Å²) in [6.45, 7) is 9.20. The summed E-state index contributed by atoms with van der Waals surface area (Å²) in [6.07, 6.45) is -0.125. The molecule has 1 amide bonds. The molecule has 1 aliphatic heterocycles. The van der Waals surface area contributed by atoms with Crippen molar-refractivity contribution in [2.45, 2.75) is 44.8 Å². The molecule has 1 atom stereocenters. The van der Waals surface area contributed by atoms with E-state index in [9.17, 15) is 10.1 Å². The zero-order valence-electron chi connectivity index (χ0n) is 15.1. The van der Waals surface area contributed by atoms with Crippen molar-refractivity contribution < 1.29 is 14.3 Å². The average Bonchev–Trinajstić information content (AvgIpc) is 2.53. The standard InChI is InChI=1S/C19H26N2O3/c1-18(2,12-20)15-8-6-14(7-9-15)17(22)21-10-16(11-23-5)24-19(3,4)13-21/h6-9,16H,10-11,13H2,1-5H3. The number of carbonyl (C=O) groups excluding carboxylic acids is 1. The molecule has 0 aromatic heterocycles. The molecule has 1 aliphatic rings. The first-order chi connectivity index (χ1) is 11.2. The van der Waals surface area contributed by atoms with Crippen LogP contribution in [0.25, 0.3) is 0 Å². The summed E-state index contributed by atoms with van der Waals surface area (Å²) < 4.78 is 11.1. The second-order valence-corrected chi connectivity index (χ2v) is 7.45. The van der Waals surface area contributed by atoms with Gasteiger partial charge in [-0.1, -0.05) is 12.1 Å². The van der Waals surface area contributed by atoms with E-state index in [2.05, 4.69) is 6.07 Å². The highest BCUT2D eigenvalue weighted by molar-refractivity contribution is 5.94. The number of amides is 1. The van der Waals surface area contributed by atoms with E-state index in [-0.39, 0.29) is 12.0 Å². The fraction of sp³-hybridized carbons (Fsp3) is 0.579. The molecule has 1 aromatic carbocycles. The highest BCUT2D eigenvalue weighted by atomic mass is 16.5. The second kappa shape index (κ2) is 6.92. The van der Waals surface area contributed by atoms with E-state index in [1.165, 1.54) is 0 Å². The maximum Gasteiger partial charge on any atom is 0.254 e. The zero-order valence-corrected chi connectivity index (χ0v) is 15.1. The Morgan fingerprint density at radius 1 is 1.42 bits per heavy atom. The largest absolute Gasteiger partial charge is 0.382 e. The van der Waals surface area contributed by atoms with Gasteiger partial charge in [-0.3, -0.25) is 4.79 Å². The smallest absolute Gasteiger partial charge is 0.254 e. The number of morpholine rings is 1. The quantitative estimate of drug-likeness (QED) is 0.851. The highest BCUT2D eigenvalue weighted by Crippen LogP contribution is 2.25. The first-order valence-electron chi connectivity index (χ1n) is 8.16. The SMILES string of the molecule is COCC1CN(C(=O)c2ccc(C(C)(C)C#N)cc2)CC(C)(C)O1. The van der Waals surface area contributed by atoms with Gasteiger partial charge >= 0.3 is 0 Å². The Bertz CT molecular complexity index is 629. The van der Waals surface area contributed by atoms with Gasteiger partial charge in [0.05, 0.1) is 29.8 Å². The van der Waals surface area contributed by atoms with Crippen molar-refractivity contribution in [2.24, 2.45) is 0 Å². The maximum absolute atomic E-state index is 12.8. The number of nitrogens with zero attached hydrogens (tertiary/aromatic N) is 2. The lowest BCUT2D eigenvalue weighted by Gasteiger charge is -2.42. The van der Waals surface area contributed by atoms with Crippen LogP contribution in [-0.4, -0.2) is 49.3 Å². The summed E-state index contributed by atoms with van der Waals surface area (Å²) in [5, 5.41) is 9.22. The number of methoxy groups -OCH3 is 1. The topological polar surface area (TPSA) is 62.6 Å². The molecule has 24 heavy (non-hydrogen) atoms. The Morgan fingerprint density at radius 2 is 2.04 bits per heavy atom. The summed E-state index contributed by atoms with van der Waals surface area (Å²) in [7, 11) is 1.63. The minimum Gasteiger partial charge on any atom is -0.382 e. The van der Waals surface area contributed by atoms with Crippen molar-refractivity contribution in [3.05, 3.63) is 35.4 Å². The van der Waals surface area contributed by atoms with Gasteiger partial charge in [-0.2, -0.15) is 5.26 Å². The molecule has 1 unspecified atom stereocenters. The molecular weight excluding hydrogens is 304 g/mol. The van der Waals surface area contributed by atoms with E-state index >= 15 is 0 Å². The molecule has 1 saturated heterocycles. The molecule has 1 fully saturated rings. The van der Waals surface area contributed by atoms with Gasteiger partial charge in [0.15, 0.2) is 0 Å². The lowest BCUT2D eigenvalue weighted by molar-refractivity contribution is -0.143. The highest BCUT2D eigenvalue weighted by Gasteiger charge is 2.36. The molecule has 0 aliphatic carbocycles. The van der Waals surface area contributed by atoms with Gasteiger partial charge in [0.2, 0.25) is 0 Å². The van der Waals surface area contributed by atoms with Crippen LogP contribution in [0.2, 0.25) is 0 Å². The Hall–Kier alpha value is -1.90. The number of hydrogen-bond acceptors (Lipinski definition) is 4. The fourth-order valence-corrected chi connectivity index (χ4v) is 3.00. The van der Waals surface area contributed by atoms with Crippen molar-refractivity contribution in [2.75, 3.05) is 26.8 Å². The van der Waals surface area contributed by atoms with Crippen LogP contribution >= 0.6 is 0 Å². The van der Waals surface area contributed by atoms with E-state index in [1.807, 2.05) is 44.7 Å².